The van der Waals surface area contributed by atoms with Gasteiger partial charge in [0.05, 0.1) is 41.5 Å². The molecule has 6 aromatic carbocycles. The van der Waals surface area contributed by atoms with Crippen molar-refractivity contribution in [1.29, 1.82) is 5.26 Å². The minimum Gasteiger partial charge on any atom is -0.507 e. The summed E-state index contributed by atoms with van der Waals surface area (Å²) in [5.41, 5.74) is 4.84. The van der Waals surface area contributed by atoms with Gasteiger partial charge in [0, 0.05) is 70.5 Å². The first-order chi connectivity index (χ1) is 23.8. The number of aliphatic hydroxyl groups is 1. The van der Waals surface area contributed by atoms with E-state index in [1.54, 1.807) is 6.07 Å². The lowest BCUT2D eigenvalue weighted by molar-refractivity contribution is 0.434. The average Bonchev–Trinajstić information content (AvgIpc) is 3.10. The Morgan fingerprint density at radius 3 is 2.14 bits per heavy atom. The number of nitrogens with zero attached hydrogens (tertiary/aromatic N) is 6. The highest BCUT2D eigenvalue weighted by atomic mass is 16.3. The van der Waals surface area contributed by atoms with Crippen molar-refractivity contribution in [3.8, 4) is 11.8 Å². The molecule has 0 saturated heterocycles. The largest absolute Gasteiger partial charge is 0.507 e. The SMILES string of the molecule is [C-]#[N+]/C(C#N)=C1C(c2c3cccc4c3c(c3cccc(O)c23)N(C)CN4C)=C(O)C/1=c1/c2ccccc2c2c3c(cccc13)N(C)C[N+]=2C. The number of fused-ring (bicyclic) bond motifs is 4. The quantitative estimate of drug-likeness (QED) is 0.0965. The third-order valence-electron chi connectivity index (χ3n) is 10.5. The van der Waals surface area contributed by atoms with Crippen molar-refractivity contribution in [2.45, 2.75) is 0 Å². The maximum Gasteiger partial charge on any atom is 0.270 e. The van der Waals surface area contributed by atoms with Gasteiger partial charge in [0.2, 0.25) is 12.0 Å². The predicted octanol–water partition coefficient (Wildman–Crippen LogP) is 6.21. The second kappa shape index (κ2) is 10.00. The average molecular weight is 640 g/mol. The van der Waals surface area contributed by atoms with E-state index in [2.05, 4.69) is 74.6 Å². The number of hydrogen-bond acceptors (Lipinski definition) is 6. The Kier molecular flexibility index (Phi) is 5.85. The van der Waals surface area contributed by atoms with Crippen LogP contribution in [0.3, 0.4) is 0 Å². The van der Waals surface area contributed by atoms with Crippen LogP contribution in [0.5, 0.6) is 5.75 Å². The molecule has 0 atom stereocenters. The van der Waals surface area contributed by atoms with E-state index in [4.69, 9.17) is 6.57 Å². The molecule has 236 valence electrons. The van der Waals surface area contributed by atoms with E-state index in [1.807, 2.05) is 56.6 Å². The maximum atomic E-state index is 12.5. The summed E-state index contributed by atoms with van der Waals surface area (Å²) in [4.78, 5) is 10.3. The minimum absolute atomic E-state index is 0.00227. The highest BCUT2D eigenvalue weighted by Crippen LogP contribution is 2.56. The molecule has 2 N–H and O–H groups in total. The van der Waals surface area contributed by atoms with Crippen LogP contribution in [-0.4, -0.2) is 51.7 Å². The number of allylic oxidation sites excluding steroid dienone is 3. The van der Waals surface area contributed by atoms with Gasteiger partial charge in [-0.2, -0.15) is 0 Å². The Bertz CT molecular complexity index is 2820. The first-order valence-corrected chi connectivity index (χ1v) is 16.1. The van der Waals surface area contributed by atoms with E-state index < -0.39 is 0 Å². The molecular weight excluding hydrogens is 608 g/mol. The third-order valence-corrected chi connectivity index (χ3v) is 10.5. The smallest absolute Gasteiger partial charge is 0.270 e. The Morgan fingerprint density at radius 1 is 0.755 bits per heavy atom. The van der Waals surface area contributed by atoms with Crippen LogP contribution in [0.15, 0.2) is 95.9 Å². The molecule has 0 fully saturated rings. The molecule has 1 aliphatic carbocycles. The molecule has 9 rings (SSSR count). The molecule has 0 unspecified atom stereocenters. The number of hydrogen-bond donors (Lipinski definition) is 2. The molecule has 49 heavy (non-hydrogen) atoms. The van der Waals surface area contributed by atoms with Crippen LogP contribution in [0.25, 0.3) is 59.1 Å². The van der Waals surface area contributed by atoms with Gasteiger partial charge in [0.25, 0.3) is 5.70 Å². The van der Waals surface area contributed by atoms with Crippen LogP contribution in [0.1, 0.15) is 5.56 Å². The van der Waals surface area contributed by atoms with Gasteiger partial charge in [-0.25, -0.2) is 14.7 Å². The van der Waals surface area contributed by atoms with Gasteiger partial charge in [-0.05, 0) is 40.4 Å². The summed E-state index contributed by atoms with van der Waals surface area (Å²) in [6, 6.07) is 28.0. The second-order valence-corrected chi connectivity index (χ2v) is 13.2. The topological polar surface area (TPSA) is 81.3 Å². The monoisotopic (exact) mass is 639 g/mol. The summed E-state index contributed by atoms with van der Waals surface area (Å²) in [6.45, 7) is 9.54. The molecule has 0 amide bonds. The number of phenols is 1. The van der Waals surface area contributed by atoms with Crippen LogP contribution in [0.2, 0.25) is 0 Å². The normalized spacial score (nSPS) is 17.6. The molecule has 2 aliphatic heterocycles. The van der Waals surface area contributed by atoms with Gasteiger partial charge in [-0.15, -0.1) is 0 Å². The summed E-state index contributed by atoms with van der Waals surface area (Å²) in [5.74, 6) is 0.0634. The molecule has 3 aliphatic rings. The summed E-state index contributed by atoms with van der Waals surface area (Å²) in [6.07, 6.45) is 0. The van der Waals surface area contributed by atoms with Crippen molar-refractivity contribution in [2.24, 2.45) is 0 Å². The number of phenolic OH excluding ortho intramolecular Hbond substituents is 1. The molecule has 6 aromatic rings. The summed E-state index contributed by atoms with van der Waals surface area (Å²) in [5, 5.41) is 43.6. The lowest BCUT2D eigenvalue weighted by atomic mass is 9.73. The van der Waals surface area contributed by atoms with E-state index in [0.717, 1.165) is 72.0 Å². The maximum absolute atomic E-state index is 12.5. The Balaban J connectivity index is 1.55. The molecule has 2 heterocycles. The van der Waals surface area contributed by atoms with Crippen LogP contribution >= 0.6 is 0 Å². The Hall–Kier alpha value is -6.51. The fraction of sp³-hybridized carbons (Fsp3) is 0.146. The predicted molar refractivity (Wildman–Crippen MR) is 198 cm³/mol. The molecule has 0 saturated carbocycles. The summed E-state index contributed by atoms with van der Waals surface area (Å²) < 4.78 is 2.24. The molecule has 0 spiro atoms. The van der Waals surface area contributed by atoms with Gasteiger partial charge in [-0.1, -0.05) is 54.6 Å². The van der Waals surface area contributed by atoms with Gasteiger partial charge < -0.3 is 24.9 Å². The van der Waals surface area contributed by atoms with Crippen LogP contribution in [-0.2, 0) is 0 Å². The fourth-order valence-corrected chi connectivity index (χ4v) is 8.62. The number of anilines is 3. The highest BCUT2D eigenvalue weighted by molar-refractivity contribution is 6.29. The van der Waals surface area contributed by atoms with Crippen LogP contribution < -0.4 is 29.9 Å². The van der Waals surface area contributed by atoms with Crippen molar-refractivity contribution in [3.63, 3.8) is 0 Å². The lowest BCUT2D eigenvalue weighted by Crippen LogP contribution is -2.42. The van der Waals surface area contributed by atoms with Gasteiger partial charge in [0.1, 0.15) is 18.6 Å². The zero-order valence-corrected chi connectivity index (χ0v) is 27.5. The number of benzene rings is 6. The number of aromatic hydroxyl groups is 1. The Labute approximate surface area is 282 Å². The van der Waals surface area contributed by atoms with E-state index in [9.17, 15) is 15.5 Å². The van der Waals surface area contributed by atoms with Crippen LogP contribution in [0.4, 0.5) is 17.1 Å². The van der Waals surface area contributed by atoms with Gasteiger partial charge in [-0.3, -0.25) is 0 Å². The minimum atomic E-state index is -0.111. The lowest BCUT2D eigenvalue weighted by Gasteiger charge is -2.38. The first-order valence-electron chi connectivity index (χ1n) is 16.1. The highest BCUT2D eigenvalue weighted by Gasteiger charge is 2.39. The van der Waals surface area contributed by atoms with Crippen molar-refractivity contribution < 1.29 is 10.2 Å². The van der Waals surface area contributed by atoms with Crippen molar-refractivity contribution in [2.75, 3.05) is 56.2 Å². The molecule has 0 bridgehead atoms. The zero-order chi connectivity index (χ0) is 33.9. The molecule has 0 aromatic heterocycles. The molecular formula is C41H31N6O2+. The number of aliphatic hydroxyl groups excluding tert-OH is 1. The summed E-state index contributed by atoms with van der Waals surface area (Å²) >= 11 is 0. The second-order valence-electron chi connectivity index (χ2n) is 13.2. The first kappa shape index (κ1) is 28.7. The van der Waals surface area contributed by atoms with Crippen molar-refractivity contribution >= 4 is 71.3 Å². The Morgan fingerprint density at radius 2 is 1.41 bits per heavy atom. The standard InChI is InChI=1S/C41H30N6O2/c1-43-27(19-42)36-37(31-22-11-6-7-12-23(22)39-32-24(31)13-8-16-28(32)44(2)20-46(39)4)41(49)38(36)35-25-14-9-17-29-33(25)40(47(5)21-45(29)3)26-15-10-18-30(48)34(26)35/h6-18H,20-21H2,2-5H3,(H-,48,49)/p+1/b36-27+. The van der Waals surface area contributed by atoms with Crippen molar-refractivity contribution in [3.05, 3.63) is 123 Å². The van der Waals surface area contributed by atoms with Gasteiger partial charge in [0.15, 0.2) is 0 Å². The van der Waals surface area contributed by atoms with Crippen LogP contribution in [0, 0.1) is 17.9 Å². The van der Waals surface area contributed by atoms with E-state index >= 15 is 0 Å². The third kappa shape index (κ3) is 3.58. The van der Waals surface area contributed by atoms with E-state index in [1.165, 1.54) is 0 Å². The molecule has 8 nitrogen and oxygen atoms in total. The van der Waals surface area contributed by atoms with Crippen molar-refractivity contribution in [1.82, 2.24) is 4.58 Å². The molecule has 0 radical (unpaired) electrons. The number of nitriles is 1. The summed E-state index contributed by atoms with van der Waals surface area (Å²) in [7, 11) is 8.23. The number of rotatable bonds is 1. The van der Waals surface area contributed by atoms with E-state index in [0.29, 0.717) is 34.3 Å². The molecule has 8 heteroatoms. The zero-order valence-electron chi connectivity index (χ0n) is 27.5. The fourth-order valence-electron chi connectivity index (χ4n) is 8.62. The van der Waals surface area contributed by atoms with E-state index in [-0.39, 0.29) is 17.2 Å². The van der Waals surface area contributed by atoms with Gasteiger partial charge >= 0.3 is 0 Å².